The minimum Gasteiger partial charge on any atom is -0.389 e. The molecule has 9 heavy (non-hydrogen) atoms. The Bertz CT molecular complexity index is 73.6. The number of aliphatic hydroxyl groups is 1. The minimum atomic E-state index is -0.844. The first-order valence-electron chi connectivity index (χ1n) is 3.14. The third-order valence-electron chi connectivity index (χ3n) is 1.42. The van der Waals surface area contributed by atoms with Gasteiger partial charge < -0.3 is 10.3 Å². The van der Waals surface area contributed by atoms with E-state index in [0.29, 0.717) is 6.42 Å². The molecule has 0 spiro atoms. The van der Waals surface area contributed by atoms with Gasteiger partial charge in [-0.15, -0.1) is 0 Å². The molecule has 0 rings (SSSR count). The molecule has 3 nitrogen and oxygen atoms in total. The second-order valence-corrected chi connectivity index (χ2v) is 2.74. The van der Waals surface area contributed by atoms with Crippen molar-refractivity contribution in [1.82, 2.24) is 5.48 Å². The molecule has 1 atom stereocenters. The highest BCUT2D eigenvalue weighted by molar-refractivity contribution is 4.79. The number of nitrogens with one attached hydrogen (secondary N) is 1. The van der Waals surface area contributed by atoms with E-state index in [2.05, 4.69) is 0 Å². The molecule has 3 N–H and O–H groups in total. The van der Waals surface area contributed by atoms with Gasteiger partial charge in [0.1, 0.15) is 0 Å². The molecule has 0 amide bonds. The summed E-state index contributed by atoms with van der Waals surface area (Å²) in [5, 5.41) is 17.7. The summed E-state index contributed by atoms with van der Waals surface area (Å²) in [7, 11) is 0. The van der Waals surface area contributed by atoms with Gasteiger partial charge in [0.2, 0.25) is 0 Å². The lowest BCUT2D eigenvalue weighted by molar-refractivity contribution is -0.0192. The van der Waals surface area contributed by atoms with Gasteiger partial charge in [-0.05, 0) is 20.3 Å². The summed E-state index contributed by atoms with van der Waals surface area (Å²) in [6, 6.07) is -0.238. The van der Waals surface area contributed by atoms with Crippen molar-refractivity contribution in [2.75, 3.05) is 0 Å². The van der Waals surface area contributed by atoms with Gasteiger partial charge in [-0.25, -0.2) is 0 Å². The molecule has 0 saturated heterocycles. The van der Waals surface area contributed by atoms with Crippen LogP contribution in [0, 0.1) is 0 Å². The number of rotatable bonds is 3. The fraction of sp³-hybridized carbons (Fsp3) is 1.00. The highest BCUT2D eigenvalue weighted by Crippen LogP contribution is 2.10. The summed E-state index contributed by atoms with van der Waals surface area (Å²) in [5.74, 6) is 0. The van der Waals surface area contributed by atoms with Crippen molar-refractivity contribution in [3.8, 4) is 0 Å². The van der Waals surface area contributed by atoms with Crippen LogP contribution in [0.25, 0.3) is 0 Å². The maximum absolute atomic E-state index is 9.25. The minimum absolute atomic E-state index is 0.238. The van der Waals surface area contributed by atoms with Gasteiger partial charge in [0.05, 0.1) is 11.6 Å². The molecule has 0 aliphatic rings. The zero-order valence-corrected chi connectivity index (χ0v) is 6.18. The molecule has 1 unspecified atom stereocenters. The molecule has 0 fully saturated rings. The van der Waals surface area contributed by atoms with Crippen molar-refractivity contribution in [1.29, 1.82) is 0 Å². The molecule has 0 heterocycles. The summed E-state index contributed by atoms with van der Waals surface area (Å²) >= 11 is 0. The Balaban J connectivity index is 3.79. The van der Waals surface area contributed by atoms with Gasteiger partial charge in [0, 0.05) is 0 Å². The zero-order valence-electron chi connectivity index (χ0n) is 6.18. The lowest BCUT2D eigenvalue weighted by Gasteiger charge is -2.26. The van der Waals surface area contributed by atoms with Crippen LogP contribution in [0.1, 0.15) is 27.2 Å². The fourth-order valence-corrected chi connectivity index (χ4v) is 0.749. The van der Waals surface area contributed by atoms with Crippen LogP contribution in [0.15, 0.2) is 0 Å². The van der Waals surface area contributed by atoms with E-state index in [1.165, 1.54) is 0 Å². The van der Waals surface area contributed by atoms with Crippen molar-refractivity contribution < 1.29 is 10.3 Å². The molecule has 0 aliphatic heterocycles. The third kappa shape index (κ3) is 2.79. The van der Waals surface area contributed by atoms with Crippen LogP contribution in [0.5, 0.6) is 0 Å². The Kier molecular flexibility index (Phi) is 3.11. The average molecular weight is 133 g/mol. The van der Waals surface area contributed by atoms with Crippen LogP contribution < -0.4 is 5.48 Å². The molecule has 0 aromatic carbocycles. The SMILES string of the molecule is CCC(NO)C(C)(C)O. The number of hydrogen-bond donors (Lipinski definition) is 3. The van der Waals surface area contributed by atoms with Gasteiger partial charge in [-0.1, -0.05) is 6.92 Å². The van der Waals surface area contributed by atoms with E-state index in [-0.39, 0.29) is 6.04 Å². The number of hydrogen-bond acceptors (Lipinski definition) is 3. The van der Waals surface area contributed by atoms with Crippen LogP contribution >= 0.6 is 0 Å². The quantitative estimate of drug-likeness (QED) is 0.492. The average Bonchev–Trinajstić information content (AvgIpc) is 1.65. The first-order valence-corrected chi connectivity index (χ1v) is 3.14. The van der Waals surface area contributed by atoms with Gasteiger partial charge in [0.15, 0.2) is 0 Å². The molecule has 3 heteroatoms. The van der Waals surface area contributed by atoms with Crippen LogP contribution in [0.3, 0.4) is 0 Å². The van der Waals surface area contributed by atoms with Crippen molar-refractivity contribution in [2.45, 2.75) is 38.8 Å². The molecule has 0 aliphatic carbocycles. The van der Waals surface area contributed by atoms with E-state index < -0.39 is 5.60 Å². The van der Waals surface area contributed by atoms with E-state index >= 15 is 0 Å². The van der Waals surface area contributed by atoms with Crippen molar-refractivity contribution in [2.24, 2.45) is 0 Å². The summed E-state index contributed by atoms with van der Waals surface area (Å²) in [6.07, 6.45) is 0.708. The topological polar surface area (TPSA) is 52.5 Å². The second-order valence-electron chi connectivity index (χ2n) is 2.74. The fourth-order valence-electron chi connectivity index (χ4n) is 0.749. The van der Waals surface area contributed by atoms with E-state index in [4.69, 9.17) is 5.21 Å². The van der Waals surface area contributed by atoms with Gasteiger partial charge in [0.25, 0.3) is 0 Å². The standard InChI is InChI=1S/C6H15NO2/c1-4-5(7-9)6(2,3)8/h5,7-9H,4H2,1-3H3. The Hall–Kier alpha value is -0.120. The largest absolute Gasteiger partial charge is 0.389 e. The molecular formula is C6H15NO2. The van der Waals surface area contributed by atoms with E-state index in [0.717, 1.165) is 0 Å². The number of hydroxylamine groups is 1. The third-order valence-corrected chi connectivity index (χ3v) is 1.42. The van der Waals surface area contributed by atoms with Crippen molar-refractivity contribution in [3.63, 3.8) is 0 Å². The second kappa shape index (κ2) is 3.15. The highest BCUT2D eigenvalue weighted by Gasteiger charge is 2.23. The molecule has 0 aromatic heterocycles. The van der Waals surface area contributed by atoms with Crippen molar-refractivity contribution >= 4 is 0 Å². The van der Waals surface area contributed by atoms with Gasteiger partial charge in [-0.3, -0.25) is 0 Å². The molecule has 0 bridgehead atoms. The van der Waals surface area contributed by atoms with Crippen LogP contribution in [-0.2, 0) is 0 Å². The van der Waals surface area contributed by atoms with Crippen molar-refractivity contribution in [3.05, 3.63) is 0 Å². The monoisotopic (exact) mass is 133 g/mol. The summed E-state index contributed by atoms with van der Waals surface area (Å²) in [6.45, 7) is 5.21. The van der Waals surface area contributed by atoms with Crippen LogP contribution in [0.2, 0.25) is 0 Å². The molecule has 0 aromatic rings. The lowest BCUT2D eigenvalue weighted by Crippen LogP contribution is -2.44. The molecule has 56 valence electrons. The summed E-state index contributed by atoms with van der Waals surface area (Å²) in [4.78, 5) is 0. The van der Waals surface area contributed by atoms with Gasteiger partial charge >= 0.3 is 0 Å². The summed E-state index contributed by atoms with van der Waals surface area (Å²) in [5.41, 5.74) is 1.20. The summed E-state index contributed by atoms with van der Waals surface area (Å²) < 4.78 is 0. The van der Waals surface area contributed by atoms with E-state index in [1.807, 2.05) is 12.4 Å². The molecule has 0 radical (unpaired) electrons. The maximum atomic E-state index is 9.25. The van der Waals surface area contributed by atoms with E-state index in [1.54, 1.807) is 13.8 Å². The lowest BCUT2D eigenvalue weighted by atomic mass is 9.98. The predicted octanol–water partition coefficient (Wildman–Crippen LogP) is 0.515. The van der Waals surface area contributed by atoms with Crippen LogP contribution in [0.4, 0.5) is 0 Å². The zero-order chi connectivity index (χ0) is 7.49. The highest BCUT2D eigenvalue weighted by atomic mass is 16.5. The van der Waals surface area contributed by atoms with E-state index in [9.17, 15) is 5.11 Å². The Labute approximate surface area is 55.7 Å². The first kappa shape index (κ1) is 8.88. The van der Waals surface area contributed by atoms with Crippen LogP contribution in [-0.4, -0.2) is 22.0 Å². The maximum Gasteiger partial charge on any atom is 0.0766 e. The van der Waals surface area contributed by atoms with Gasteiger partial charge in [-0.2, -0.15) is 5.48 Å². The normalized spacial score (nSPS) is 15.7. The first-order chi connectivity index (χ1) is 4.02. The smallest absolute Gasteiger partial charge is 0.0766 e. The Morgan fingerprint density at radius 3 is 2.00 bits per heavy atom. The Morgan fingerprint density at radius 2 is 2.00 bits per heavy atom. The molecule has 0 saturated carbocycles. The predicted molar refractivity (Wildman–Crippen MR) is 35.3 cm³/mol. The molecular weight excluding hydrogens is 118 g/mol. The Morgan fingerprint density at radius 1 is 1.56 bits per heavy atom.